The smallest absolute Gasteiger partial charge is 0.318 e. The number of methoxy groups -OCH3 is 1. The molecule has 2 fully saturated rings. The molecule has 2 aliphatic carbocycles. The Bertz CT molecular complexity index is 666. The number of nitrogens with zero attached hydrogens (tertiary/aromatic N) is 1. The van der Waals surface area contributed by atoms with Crippen molar-refractivity contribution in [3.8, 4) is 5.75 Å². The van der Waals surface area contributed by atoms with Crippen LogP contribution in [-0.4, -0.2) is 30.1 Å². The highest BCUT2D eigenvalue weighted by molar-refractivity contribution is 5.75. The standard InChI is InChI=1S/C18H26N2O2.C6H6/c1-22-17-11-7-14(8-12-17)13-20(16-5-3-2-4-6-16)18(21)19-15-9-10-15;1-2-4-6-5-3-1/h7-8,11-12,15-16H,2-6,9-10,13H2,1H3,(H,19,21);1-6H. The van der Waals surface area contributed by atoms with E-state index in [1.165, 1.54) is 19.3 Å². The Morgan fingerprint density at radius 2 is 1.50 bits per heavy atom. The predicted octanol–water partition coefficient (Wildman–Crippen LogP) is 5.39. The van der Waals surface area contributed by atoms with Crippen LogP contribution < -0.4 is 10.1 Å². The molecular weight excluding hydrogens is 348 g/mol. The first-order valence-electron chi connectivity index (χ1n) is 10.5. The van der Waals surface area contributed by atoms with E-state index in [1.807, 2.05) is 48.5 Å². The molecule has 2 aliphatic rings. The summed E-state index contributed by atoms with van der Waals surface area (Å²) in [5, 5.41) is 3.16. The molecule has 0 unspecified atom stereocenters. The first-order valence-corrected chi connectivity index (χ1v) is 10.5. The molecule has 0 radical (unpaired) electrons. The minimum Gasteiger partial charge on any atom is -0.497 e. The Kier molecular flexibility index (Phi) is 7.77. The van der Waals surface area contributed by atoms with Gasteiger partial charge in [0, 0.05) is 18.6 Å². The van der Waals surface area contributed by atoms with Crippen molar-refractivity contribution in [3.63, 3.8) is 0 Å². The number of hydrogen-bond acceptors (Lipinski definition) is 2. The molecule has 0 spiro atoms. The zero-order valence-electron chi connectivity index (χ0n) is 16.8. The van der Waals surface area contributed by atoms with Crippen molar-refractivity contribution in [2.24, 2.45) is 0 Å². The summed E-state index contributed by atoms with van der Waals surface area (Å²) in [7, 11) is 1.67. The summed E-state index contributed by atoms with van der Waals surface area (Å²) < 4.78 is 5.21. The fourth-order valence-corrected chi connectivity index (χ4v) is 3.56. The normalized spacial score (nSPS) is 16.5. The number of ether oxygens (including phenoxy) is 1. The Labute approximate surface area is 168 Å². The number of carbonyl (C=O) groups excluding carboxylic acids is 1. The fourth-order valence-electron chi connectivity index (χ4n) is 3.56. The van der Waals surface area contributed by atoms with Crippen molar-refractivity contribution in [1.82, 2.24) is 10.2 Å². The summed E-state index contributed by atoms with van der Waals surface area (Å²) in [4.78, 5) is 14.7. The average molecular weight is 381 g/mol. The summed E-state index contributed by atoms with van der Waals surface area (Å²) in [5.41, 5.74) is 1.16. The van der Waals surface area contributed by atoms with Crippen molar-refractivity contribution in [3.05, 3.63) is 66.2 Å². The highest BCUT2D eigenvalue weighted by Crippen LogP contribution is 2.26. The van der Waals surface area contributed by atoms with Gasteiger partial charge in [0.25, 0.3) is 0 Å². The third kappa shape index (κ3) is 6.59. The van der Waals surface area contributed by atoms with Gasteiger partial charge in [0.2, 0.25) is 0 Å². The zero-order chi connectivity index (χ0) is 19.6. The molecule has 0 atom stereocenters. The molecule has 2 amide bonds. The molecule has 2 saturated carbocycles. The number of carbonyl (C=O) groups is 1. The van der Waals surface area contributed by atoms with Gasteiger partial charge in [-0.2, -0.15) is 0 Å². The topological polar surface area (TPSA) is 41.6 Å². The van der Waals surface area contributed by atoms with E-state index in [1.54, 1.807) is 7.11 Å². The molecule has 4 heteroatoms. The summed E-state index contributed by atoms with van der Waals surface area (Å²) in [5.74, 6) is 0.857. The first kappa shape index (κ1) is 20.2. The molecular formula is C24H32N2O2. The number of benzene rings is 2. The second kappa shape index (κ2) is 10.7. The minimum absolute atomic E-state index is 0.116. The van der Waals surface area contributed by atoms with E-state index in [9.17, 15) is 4.79 Å². The average Bonchev–Trinajstić information content (AvgIpc) is 3.58. The SMILES string of the molecule is COc1ccc(CN(C(=O)NC2CC2)C2CCCCC2)cc1.c1ccccc1. The second-order valence-electron chi connectivity index (χ2n) is 7.65. The van der Waals surface area contributed by atoms with Crippen LogP contribution in [0.3, 0.4) is 0 Å². The third-order valence-electron chi connectivity index (χ3n) is 5.36. The molecule has 2 aromatic carbocycles. The quantitative estimate of drug-likeness (QED) is 0.756. The number of hydrogen-bond donors (Lipinski definition) is 1. The Morgan fingerprint density at radius 3 is 2.00 bits per heavy atom. The molecule has 0 aliphatic heterocycles. The van der Waals surface area contributed by atoms with E-state index >= 15 is 0 Å². The van der Waals surface area contributed by atoms with E-state index in [-0.39, 0.29) is 6.03 Å². The summed E-state index contributed by atoms with van der Waals surface area (Å²) in [6.07, 6.45) is 8.31. The van der Waals surface area contributed by atoms with E-state index < -0.39 is 0 Å². The molecule has 0 bridgehead atoms. The van der Waals surface area contributed by atoms with Crippen molar-refractivity contribution < 1.29 is 9.53 Å². The maximum atomic E-state index is 12.6. The maximum Gasteiger partial charge on any atom is 0.318 e. The van der Waals surface area contributed by atoms with Crippen LogP contribution in [0.5, 0.6) is 5.75 Å². The maximum absolute atomic E-state index is 12.6. The lowest BCUT2D eigenvalue weighted by Gasteiger charge is -2.34. The van der Waals surface area contributed by atoms with Crippen LogP contribution in [0.4, 0.5) is 4.79 Å². The first-order chi connectivity index (χ1) is 13.8. The van der Waals surface area contributed by atoms with Gasteiger partial charge in [-0.3, -0.25) is 0 Å². The Balaban J connectivity index is 0.000000320. The van der Waals surface area contributed by atoms with Crippen LogP contribution in [0.25, 0.3) is 0 Å². The van der Waals surface area contributed by atoms with E-state index in [2.05, 4.69) is 22.3 Å². The molecule has 4 nitrogen and oxygen atoms in total. The van der Waals surface area contributed by atoms with Gasteiger partial charge in [0.15, 0.2) is 0 Å². The van der Waals surface area contributed by atoms with Crippen LogP contribution in [0.15, 0.2) is 60.7 Å². The van der Waals surface area contributed by atoms with Crippen molar-refractivity contribution in [2.75, 3.05) is 7.11 Å². The van der Waals surface area contributed by atoms with E-state index in [4.69, 9.17) is 4.74 Å². The van der Waals surface area contributed by atoms with Crippen molar-refractivity contribution in [2.45, 2.75) is 63.6 Å². The number of nitrogens with one attached hydrogen (secondary N) is 1. The van der Waals surface area contributed by atoms with Gasteiger partial charge in [-0.1, -0.05) is 67.8 Å². The van der Waals surface area contributed by atoms with Gasteiger partial charge in [-0.25, -0.2) is 4.79 Å². The molecule has 150 valence electrons. The third-order valence-corrected chi connectivity index (χ3v) is 5.36. The molecule has 4 rings (SSSR count). The number of rotatable bonds is 5. The van der Waals surface area contributed by atoms with Crippen LogP contribution in [0, 0.1) is 0 Å². The van der Waals surface area contributed by atoms with Crippen LogP contribution >= 0.6 is 0 Å². The lowest BCUT2D eigenvalue weighted by atomic mass is 9.94. The molecule has 28 heavy (non-hydrogen) atoms. The van der Waals surface area contributed by atoms with Crippen LogP contribution in [-0.2, 0) is 6.54 Å². The number of urea groups is 1. The predicted molar refractivity (Wildman–Crippen MR) is 113 cm³/mol. The lowest BCUT2D eigenvalue weighted by Crippen LogP contribution is -2.47. The lowest BCUT2D eigenvalue weighted by molar-refractivity contribution is 0.150. The molecule has 0 heterocycles. The molecule has 1 N–H and O–H groups in total. The highest BCUT2D eigenvalue weighted by atomic mass is 16.5. The summed E-state index contributed by atoms with van der Waals surface area (Å²) in [6, 6.07) is 21.0. The molecule has 2 aromatic rings. The van der Waals surface area contributed by atoms with Crippen molar-refractivity contribution in [1.29, 1.82) is 0 Å². The monoisotopic (exact) mass is 380 g/mol. The zero-order valence-corrected chi connectivity index (χ0v) is 16.8. The summed E-state index contributed by atoms with van der Waals surface area (Å²) in [6.45, 7) is 0.688. The van der Waals surface area contributed by atoms with E-state index in [0.29, 0.717) is 18.6 Å². The van der Waals surface area contributed by atoms with Gasteiger partial charge >= 0.3 is 6.03 Å². The second-order valence-corrected chi connectivity index (χ2v) is 7.65. The number of amides is 2. The molecule has 0 aromatic heterocycles. The van der Waals surface area contributed by atoms with Gasteiger partial charge in [0.1, 0.15) is 5.75 Å². The van der Waals surface area contributed by atoms with E-state index in [0.717, 1.165) is 37.0 Å². The van der Waals surface area contributed by atoms with Crippen LogP contribution in [0.2, 0.25) is 0 Å². The Morgan fingerprint density at radius 1 is 0.929 bits per heavy atom. The van der Waals surface area contributed by atoms with Crippen molar-refractivity contribution >= 4 is 6.03 Å². The largest absolute Gasteiger partial charge is 0.497 e. The van der Waals surface area contributed by atoms with Gasteiger partial charge in [-0.05, 0) is 43.4 Å². The fraction of sp³-hybridized carbons (Fsp3) is 0.458. The van der Waals surface area contributed by atoms with Gasteiger partial charge in [0.05, 0.1) is 7.11 Å². The summed E-state index contributed by atoms with van der Waals surface area (Å²) >= 11 is 0. The highest BCUT2D eigenvalue weighted by Gasteiger charge is 2.30. The minimum atomic E-state index is 0.116. The van der Waals surface area contributed by atoms with Crippen LogP contribution in [0.1, 0.15) is 50.5 Å². The van der Waals surface area contributed by atoms with Gasteiger partial charge < -0.3 is 15.0 Å². The van der Waals surface area contributed by atoms with Gasteiger partial charge in [-0.15, -0.1) is 0 Å². The molecule has 0 saturated heterocycles. The Hall–Kier alpha value is -2.49.